The molecule has 0 N–H and O–H groups in total. The Labute approximate surface area is 120 Å². The van der Waals surface area contributed by atoms with Gasteiger partial charge in [-0.3, -0.25) is 4.79 Å². The molecule has 0 saturated carbocycles. The van der Waals surface area contributed by atoms with E-state index >= 15 is 0 Å². The first-order chi connectivity index (χ1) is 9.11. The average Bonchev–Trinajstić information content (AvgIpc) is 2.41. The third-order valence-corrected chi connectivity index (χ3v) is 3.39. The Kier molecular flexibility index (Phi) is 4.48. The van der Waals surface area contributed by atoms with Gasteiger partial charge in [0.05, 0.1) is 5.56 Å². The van der Waals surface area contributed by atoms with E-state index in [1.165, 1.54) is 12.1 Å². The van der Waals surface area contributed by atoms with Crippen molar-refractivity contribution in [2.75, 3.05) is 0 Å². The van der Waals surface area contributed by atoms with Crippen molar-refractivity contribution in [3.05, 3.63) is 69.4 Å². The van der Waals surface area contributed by atoms with E-state index in [2.05, 4.69) is 22.9 Å². The second kappa shape index (κ2) is 6.11. The molecule has 2 aromatic rings. The van der Waals surface area contributed by atoms with Gasteiger partial charge in [0.15, 0.2) is 5.78 Å². The Hall–Kier alpha value is -1.48. The molecule has 0 radical (unpaired) electrons. The van der Waals surface area contributed by atoms with E-state index < -0.39 is 5.82 Å². The van der Waals surface area contributed by atoms with Gasteiger partial charge in [0, 0.05) is 10.0 Å². The summed E-state index contributed by atoms with van der Waals surface area (Å²) in [5.41, 5.74) is 1.73. The summed E-state index contributed by atoms with van der Waals surface area (Å²) < 4.78 is 14.4. The molecule has 1 nitrogen and oxygen atoms in total. The normalized spacial score (nSPS) is 10.5. The Morgan fingerprint density at radius 2 is 2.00 bits per heavy atom. The van der Waals surface area contributed by atoms with Crippen LogP contribution in [0.1, 0.15) is 34.8 Å². The van der Waals surface area contributed by atoms with Gasteiger partial charge < -0.3 is 0 Å². The lowest BCUT2D eigenvalue weighted by atomic mass is 9.99. The number of hydrogen-bond acceptors (Lipinski definition) is 1. The Bertz CT molecular complexity index is 607. The van der Waals surface area contributed by atoms with E-state index in [4.69, 9.17) is 0 Å². The highest BCUT2D eigenvalue weighted by molar-refractivity contribution is 9.10. The first kappa shape index (κ1) is 13.9. The number of hydrogen-bond donors (Lipinski definition) is 0. The van der Waals surface area contributed by atoms with Gasteiger partial charge in [-0.05, 0) is 36.2 Å². The molecular formula is C16H14BrFO. The van der Waals surface area contributed by atoms with Gasteiger partial charge >= 0.3 is 0 Å². The Balaban J connectivity index is 2.38. The second-order valence-electron chi connectivity index (χ2n) is 4.40. The molecule has 98 valence electrons. The lowest BCUT2D eigenvalue weighted by Crippen LogP contribution is -2.05. The van der Waals surface area contributed by atoms with Crippen LogP contribution in [0, 0.1) is 5.82 Å². The molecule has 0 spiro atoms. The summed E-state index contributed by atoms with van der Waals surface area (Å²) in [6.07, 6.45) is 1.94. The highest BCUT2D eigenvalue weighted by Gasteiger charge is 2.14. The van der Waals surface area contributed by atoms with Crippen LogP contribution < -0.4 is 0 Å². The van der Waals surface area contributed by atoms with E-state index in [1.807, 2.05) is 18.2 Å². The molecule has 0 unspecified atom stereocenters. The van der Waals surface area contributed by atoms with Crippen LogP contribution in [0.2, 0.25) is 0 Å². The lowest BCUT2D eigenvalue weighted by molar-refractivity contribution is 0.103. The van der Waals surface area contributed by atoms with Crippen molar-refractivity contribution in [2.24, 2.45) is 0 Å². The zero-order valence-corrected chi connectivity index (χ0v) is 12.2. The van der Waals surface area contributed by atoms with Gasteiger partial charge in [0.2, 0.25) is 0 Å². The summed E-state index contributed by atoms with van der Waals surface area (Å²) in [5.74, 6) is -0.772. The maximum absolute atomic E-state index is 13.7. The van der Waals surface area contributed by atoms with Gasteiger partial charge in [-0.1, -0.05) is 47.5 Å². The van der Waals surface area contributed by atoms with Crippen LogP contribution in [0.25, 0.3) is 0 Å². The van der Waals surface area contributed by atoms with Gasteiger partial charge in [-0.2, -0.15) is 0 Å². The molecule has 0 amide bonds. The average molecular weight is 321 g/mol. The fourth-order valence-electron chi connectivity index (χ4n) is 1.98. The van der Waals surface area contributed by atoms with Crippen LogP contribution in [0.5, 0.6) is 0 Å². The van der Waals surface area contributed by atoms with Crippen molar-refractivity contribution in [3.63, 3.8) is 0 Å². The van der Waals surface area contributed by atoms with Crippen LogP contribution in [0.15, 0.2) is 46.9 Å². The van der Waals surface area contributed by atoms with E-state index in [0.717, 1.165) is 18.4 Å². The topological polar surface area (TPSA) is 17.1 Å². The van der Waals surface area contributed by atoms with Crippen molar-refractivity contribution in [1.29, 1.82) is 0 Å². The number of halogens is 2. The third kappa shape index (κ3) is 3.29. The first-order valence-electron chi connectivity index (χ1n) is 6.20. The van der Waals surface area contributed by atoms with Crippen LogP contribution in [0.3, 0.4) is 0 Å². The van der Waals surface area contributed by atoms with Crippen LogP contribution >= 0.6 is 15.9 Å². The van der Waals surface area contributed by atoms with Crippen molar-refractivity contribution >= 4 is 21.7 Å². The molecule has 0 fully saturated rings. The fourth-order valence-corrected chi connectivity index (χ4v) is 2.34. The van der Waals surface area contributed by atoms with Gasteiger partial charge in [-0.25, -0.2) is 4.39 Å². The maximum atomic E-state index is 13.7. The first-order valence-corrected chi connectivity index (χ1v) is 7.00. The van der Waals surface area contributed by atoms with E-state index in [1.54, 1.807) is 12.1 Å². The monoisotopic (exact) mass is 320 g/mol. The van der Waals surface area contributed by atoms with Gasteiger partial charge in [-0.15, -0.1) is 0 Å². The molecule has 0 saturated heterocycles. The van der Waals surface area contributed by atoms with Crippen molar-refractivity contribution in [3.8, 4) is 0 Å². The third-order valence-electron chi connectivity index (χ3n) is 2.90. The molecule has 19 heavy (non-hydrogen) atoms. The smallest absolute Gasteiger partial charge is 0.196 e. The summed E-state index contributed by atoms with van der Waals surface area (Å²) >= 11 is 3.26. The zero-order chi connectivity index (χ0) is 13.8. The second-order valence-corrected chi connectivity index (χ2v) is 5.32. The van der Waals surface area contributed by atoms with E-state index in [9.17, 15) is 9.18 Å². The molecule has 0 aromatic heterocycles. The van der Waals surface area contributed by atoms with Gasteiger partial charge in [0.1, 0.15) is 5.82 Å². The standard InChI is InChI=1S/C16H14BrFO/c1-2-4-11-5-3-6-12(9-11)16(19)14-10-13(17)7-8-15(14)18/h3,5-10H,2,4H2,1H3. The van der Waals surface area contributed by atoms with Crippen LogP contribution in [0.4, 0.5) is 4.39 Å². The minimum Gasteiger partial charge on any atom is -0.288 e. The van der Waals surface area contributed by atoms with E-state index in [-0.39, 0.29) is 11.3 Å². The molecule has 0 atom stereocenters. The molecule has 0 aliphatic rings. The van der Waals surface area contributed by atoms with Crippen molar-refractivity contribution in [1.82, 2.24) is 0 Å². The highest BCUT2D eigenvalue weighted by Crippen LogP contribution is 2.19. The largest absolute Gasteiger partial charge is 0.288 e. The summed E-state index contributed by atoms with van der Waals surface area (Å²) in [6.45, 7) is 2.09. The number of rotatable bonds is 4. The lowest BCUT2D eigenvalue weighted by Gasteiger charge is -2.05. The Morgan fingerprint density at radius 1 is 1.21 bits per heavy atom. The van der Waals surface area contributed by atoms with Crippen molar-refractivity contribution in [2.45, 2.75) is 19.8 Å². The molecule has 0 aliphatic carbocycles. The summed E-state index contributed by atoms with van der Waals surface area (Å²) in [5, 5.41) is 0. The van der Waals surface area contributed by atoms with Crippen LogP contribution in [-0.2, 0) is 6.42 Å². The summed E-state index contributed by atoms with van der Waals surface area (Å²) in [7, 11) is 0. The molecule has 3 heteroatoms. The molecule has 0 heterocycles. The maximum Gasteiger partial charge on any atom is 0.196 e. The quantitative estimate of drug-likeness (QED) is 0.741. The number of carbonyl (C=O) groups excluding carboxylic acids is 1. The molecule has 0 bridgehead atoms. The number of ketones is 1. The highest BCUT2D eigenvalue weighted by atomic mass is 79.9. The molecular weight excluding hydrogens is 307 g/mol. The summed E-state index contributed by atoms with van der Waals surface area (Å²) in [4.78, 5) is 12.3. The minimum absolute atomic E-state index is 0.100. The molecule has 2 aromatic carbocycles. The predicted octanol–water partition coefficient (Wildman–Crippen LogP) is 4.77. The van der Waals surface area contributed by atoms with Crippen LogP contribution in [-0.4, -0.2) is 5.78 Å². The molecule has 0 aliphatic heterocycles. The Morgan fingerprint density at radius 3 is 2.74 bits per heavy atom. The number of benzene rings is 2. The predicted molar refractivity (Wildman–Crippen MR) is 78.0 cm³/mol. The summed E-state index contributed by atoms with van der Waals surface area (Å²) in [6, 6.07) is 11.8. The zero-order valence-electron chi connectivity index (χ0n) is 10.6. The molecule has 2 rings (SSSR count). The van der Waals surface area contributed by atoms with Crippen molar-refractivity contribution < 1.29 is 9.18 Å². The number of aryl methyl sites for hydroxylation is 1. The van der Waals surface area contributed by atoms with E-state index in [0.29, 0.717) is 10.0 Å². The fraction of sp³-hybridized carbons (Fsp3) is 0.188. The SMILES string of the molecule is CCCc1cccc(C(=O)c2cc(Br)ccc2F)c1. The minimum atomic E-state index is -0.492. The van der Waals surface area contributed by atoms with Gasteiger partial charge in [0.25, 0.3) is 0 Å². The number of carbonyl (C=O) groups is 1.